The van der Waals surface area contributed by atoms with Crippen molar-refractivity contribution in [3.05, 3.63) is 152 Å². The topological polar surface area (TPSA) is 298 Å². The van der Waals surface area contributed by atoms with Crippen LogP contribution < -0.4 is 42.7 Å². The number of sulfonamides is 2. The van der Waals surface area contributed by atoms with Crippen LogP contribution >= 0.6 is 23.2 Å². The van der Waals surface area contributed by atoms with Crippen molar-refractivity contribution in [1.29, 1.82) is 0 Å². The third-order valence-corrected chi connectivity index (χ3v) is 15.0. The molecule has 0 unspecified atom stereocenters. The third-order valence-electron chi connectivity index (χ3n) is 11.3. The van der Waals surface area contributed by atoms with Gasteiger partial charge in [-0.25, -0.2) is 45.6 Å². The number of hydrogen-bond acceptors (Lipinski definition) is 14. The van der Waals surface area contributed by atoms with E-state index >= 15 is 0 Å². The fourth-order valence-corrected chi connectivity index (χ4v) is 10.6. The normalized spacial score (nSPS) is 12.3. The van der Waals surface area contributed by atoms with Gasteiger partial charge in [-0.05, 0) is 83.9 Å². The van der Waals surface area contributed by atoms with Crippen molar-refractivity contribution in [3.8, 4) is 22.3 Å². The molecule has 0 spiro atoms. The molecular weight excluding hydrogens is 1050 g/mol. The zero-order valence-electron chi connectivity index (χ0n) is 39.4. The van der Waals surface area contributed by atoms with Crippen LogP contribution in [0.5, 0.6) is 0 Å². The fraction of sp³-hybridized carbons (Fsp3) is 0.167. The van der Waals surface area contributed by atoms with Crippen LogP contribution in [0.1, 0.15) is 13.8 Å². The zero-order valence-corrected chi connectivity index (χ0v) is 42.5. The van der Waals surface area contributed by atoms with Gasteiger partial charge in [0.1, 0.15) is 33.1 Å². The first-order chi connectivity index (χ1) is 35.0. The lowest BCUT2D eigenvalue weighted by molar-refractivity contribution is -0.125. The number of rotatable bonds is 14. The van der Waals surface area contributed by atoms with Crippen molar-refractivity contribution in [3.63, 3.8) is 0 Å². The molecule has 0 saturated heterocycles. The predicted molar refractivity (Wildman–Crippen MR) is 278 cm³/mol. The van der Waals surface area contributed by atoms with Gasteiger partial charge in [-0.15, -0.1) is 0 Å². The number of pyridine rings is 2. The molecule has 2 amide bonds. The fourth-order valence-electron chi connectivity index (χ4n) is 7.40. The molecule has 4 aromatic heterocycles. The monoisotopic (exact) mass is 1090 g/mol. The van der Waals surface area contributed by atoms with E-state index in [1.807, 2.05) is 0 Å². The third kappa shape index (κ3) is 11.9. The molecule has 0 aliphatic heterocycles. The van der Waals surface area contributed by atoms with E-state index in [2.05, 4.69) is 40.0 Å². The molecule has 4 aromatic carbocycles. The number of anilines is 4. The molecular formula is C48H44Cl2F2N12O8S2. The quantitative estimate of drug-likeness (QED) is 0.0725. The van der Waals surface area contributed by atoms with Crippen molar-refractivity contribution in [2.24, 2.45) is 11.8 Å². The Morgan fingerprint density at radius 3 is 1.31 bits per heavy atom. The van der Waals surface area contributed by atoms with E-state index in [0.29, 0.717) is 44.1 Å². The highest BCUT2D eigenvalue weighted by molar-refractivity contribution is 7.93. The number of nitrogens with zero attached hydrogens (tertiary/aromatic N) is 6. The second-order valence-electron chi connectivity index (χ2n) is 16.6. The number of aromatic nitrogens is 6. The molecule has 0 saturated carbocycles. The van der Waals surface area contributed by atoms with E-state index < -0.39 is 43.5 Å². The van der Waals surface area contributed by atoms with Crippen molar-refractivity contribution in [2.45, 2.75) is 36.7 Å². The molecule has 0 radical (unpaired) electrons. The molecule has 8 N–H and O–H groups in total. The molecule has 4 heterocycles. The number of halogens is 4. The summed E-state index contributed by atoms with van der Waals surface area (Å²) in [5, 5.41) is 5.13. The second-order valence-corrected chi connectivity index (χ2v) is 20.7. The summed E-state index contributed by atoms with van der Waals surface area (Å²) in [6.07, 6.45) is 5.65. The Kier molecular flexibility index (Phi) is 15.9. The van der Waals surface area contributed by atoms with E-state index in [1.54, 1.807) is 50.2 Å². The maximum atomic E-state index is 13.4. The minimum Gasteiger partial charge on any atom is -0.382 e. The maximum Gasteiger partial charge on any atom is 0.263 e. The minimum absolute atomic E-state index is 0.0269. The van der Waals surface area contributed by atoms with Crippen LogP contribution in [0.15, 0.2) is 129 Å². The zero-order chi connectivity index (χ0) is 53.8. The van der Waals surface area contributed by atoms with E-state index in [1.165, 1.54) is 60.4 Å². The molecule has 74 heavy (non-hydrogen) atoms. The number of benzene rings is 4. The first-order valence-corrected chi connectivity index (χ1v) is 25.6. The van der Waals surface area contributed by atoms with Gasteiger partial charge >= 0.3 is 0 Å². The van der Waals surface area contributed by atoms with E-state index in [4.69, 9.17) is 34.7 Å². The summed E-state index contributed by atoms with van der Waals surface area (Å²) >= 11 is 11.8. The van der Waals surface area contributed by atoms with Gasteiger partial charge < -0.3 is 22.1 Å². The number of carbonyl (C=O) groups is 2. The van der Waals surface area contributed by atoms with Crippen LogP contribution in [0.3, 0.4) is 0 Å². The smallest absolute Gasteiger partial charge is 0.263 e. The lowest BCUT2D eigenvalue weighted by atomic mass is 10.0. The van der Waals surface area contributed by atoms with Gasteiger partial charge in [0.25, 0.3) is 31.2 Å². The summed E-state index contributed by atoms with van der Waals surface area (Å²) in [7, 11) is -5.38. The van der Waals surface area contributed by atoms with Crippen LogP contribution in [0, 0.1) is 23.5 Å². The number of carbonyl (C=O) groups excluding carboxylic acids is 2. The minimum atomic E-state index is -4.21. The summed E-state index contributed by atoms with van der Waals surface area (Å²) in [5.41, 5.74) is 14.0. The lowest BCUT2D eigenvalue weighted by Crippen LogP contribution is -2.32. The molecule has 2 atom stereocenters. The van der Waals surface area contributed by atoms with Gasteiger partial charge in [-0.2, -0.15) is 0 Å². The number of amides is 2. The highest BCUT2D eigenvalue weighted by Gasteiger charge is 2.23. The number of nitrogen functional groups attached to an aromatic ring is 2. The Hall–Kier alpha value is -8.06. The number of nitrogens with one attached hydrogen (secondary N) is 4. The van der Waals surface area contributed by atoms with Gasteiger partial charge in [0.2, 0.25) is 11.8 Å². The van der Waals surface area contributed by atoms with Crippen molar-refractivity contribution in [2.75, 3.05) is 35.0 Å². The molecule has 0 aliphatic carbocycles. The van der Waals surface area contributed by atoms with Crippen LogP contribution in [0.2, 0.25) is 10.0 Å². The van der Waals surface area contributed by atoms with Gasteiger partial charge in [0, 0.05) is 50.7 Å². The van der Waals surface area contributed by atoms with Gasteiger partial charge in [0.15, 0.2) is 0 Å². The second kappa shape index (κ2) is 22.0. The van der Waals surface area contributed by atoms with E-state index in [9.17, 15) is 44.8 Å². The number of nitrogens with two attached hydrogens (primary N) is 2. The average Bonchev–Trinajstić information content (AvgIpc) is 3.36. The molecule has 0 fully saturated rings. The van der Waals surface area contributed by atoms with Crippen LogP contribution in [-0.4, -0.2) is 71.8 Å². The molecule has 0 aliphatic rings. The molecule has 20 nitrogen and oxygen atoms in total. The SMILES string of the molecule is CNC(=O)[C@@H](C)Cn1cnc2ccc(-c3cnc(N)c(NS(=O)(=O)c4ccc(F)cc4Cl)c3)cc2c1=O.CNC(=O)[C@H](C)Cn1cnc2ccc(-c3cnc(N)c(NS(=O)(=O)c4ccc(F)cc4Cl)c3)cc2c1=O. The van der Waals surface area contributed by atoms with Crippen molar-refractivity contribution < 1.29 is 35.2 Å². The summed E-state index contributed by atoms with van der Waals surface area (Å²) in [6, 6.07) is 18.6. The molecule has 0 bridgehead atoms. The Morgan fingerprint density at radius 2 is 0.959 bits per heavy atom. The molecule has 8 aromatic rings. The Morgan fingerprint density at radius 1 is 0.581 bits per heavy atom. The lowest BCUT2D eigenvalue weighted by Gasteiger charge is -2.14. The Balaban J connectivity index is 0.000000216. The summed E-state index contributed by atoms with van der Waals surface area (Å²) in [4.78, 5) is 66.1. The highest BCUT2D eigenvalue weighted by atomic mass is 35.5. The van der Waals surface area contributed by atoms with E-state index in [-0.39, 0.29) is 78.9 Å². The summed E-state index contributed by atoms with van der Waals surface area (Å²) in [6.45, 7) is 3.70. The Labute approximate surface area is 430 Å². The first kappa shape index (κ1) is 53.7. The molecule has 26 heteroatoms. The van der Waals surface area contributed by atoms with Crippen molar-refractivity contribution in [1.82, 2.24) is 39.7 Å². The van der Waals surface area contributed by atoms with Crippen LogP contribution in [0.25, 0.3) is 44.1 Å². The Bertz CT molecular complexity index is 3640. The molecule has 8 rings (SSSR count). The van der Waals surface area contributed by atoms with E-state index in [0.717, 1.165) is 36.4 Å². The maximum absolute atomic E-state index is 13.4. The van der Waals surface area contributed by atoms with Gasteiger partial charge in [0.05, 0.1) is 67.7 Å². The standard InChI is InChI=1S/2C24H22ClFN6O4S/c2*1-13(23(33)28-2)11-32-12-30-19-5-3-14(7-17(19)24(32)34)15-8-20(22(27)29-10-15)31-37(35,36)21-6-4-16(26)9-18(21)25/h2*3-10,12-13,31H,11H2,1-2H3,(H2,27,29)(H,28,33)/t2*13-/m10/s1. The van der Waals surface area contributed by atoms with Gasteiger partial charge in [-0.3, -0.25) is 37.8 Å². The number of fused-ring (bicyclic) bond motifs is 2. The van der Waals surface area contributed by atoms with Crippen LogP contribution in [-0.2, 0) is 42.7 Å². The molecule has 384 valence electrons. The average molecular weight is 1090 g/mol. The predicted octanol–water partition coefficient (Wildman–Crippen LogP) is 6.03. The van der Waals surface area contributed by atoms with Gasteiger partial charge in [-0.1, -0.05) is 49.2 Å². The highest BCUT2D eigenvalue weighted by Crippen LogP contribution is 2.32. The van der Waals surface area contributed by atoms with Crippen LogP contribution in [0.4, 0.5) is 31.8 Å². The summed E-state index contributed by atoms with van der Waals surface area (Å²) < 4.78 is 85.6. The number of hydrogen-bond donors (Lipinski definition) is 6. The van der Waals surface area contributed by atoms with Crippen molar-refractivity contribution >= 4 is 99.9 Å². The largest absolute Gasteiger partial charge is 0.382 e. The first-order valence-electron chi connectivity index (χ1n) is 21.9. The summed E-state index contributed by atoms with van der Waals surface area (Å²) in [5.74, 6) is -2.86.